The molecule has 1 fully saturated rings. The van der Waals surface area contributed by atoms with Gasteiger partial charge in [0, 0.05) is 36.6 Å². The summed E-state index contributed by atoms with van der Waals surface area (Å²) >= 11 is 11.8. The minimum atomic E-state index is -0.297. The molecule has 1 aliphatic heterocycles. The maximum absolute atomic E-state index is 11.0. The van der Waals surface area contributed by atoms with E-state index >= 15 is 0 Å². The van der Waals surface area contributed by atoms with Crippen LogP contribution < -0.4 is 4.74 Å². The van der Waals surface area contributed by atoms with E-state index in [0.29, 0.717) is 26.2 Å². The lowest BCUT2D eigenvalue weighted by molar-refractivity contribution is -0.112. The first-order valence-corrected chi connectivity index (χ1v) is 10.3. The van der Waals surface area contributed by atoms with E-state index in [0.717, 1.165) is 41.4 Å². The summed E-state index contributed by atoms with van der Waals surface area (Å²) in [6.07, 6.45) is 1.27. The second-order valence-electron chi connectivity index (χ2n) is 6.85. The van der Waals surface area contributed by atoms with Gasteiger partial charge in [-0.05, 0) is 47.3 Å². The summed E-state index contributed by atoms with van der Waals surface area (Å²) in [5, 5.41) is 0.441. The third-order valence-electron chi connectivity index (χ3n) is 5.01. The van der Waals surface area contributed by atoms with Crippen molar-refractivity contribution in [3.8, 4) is 5.75 Å². The predicted octanol–water partition coefficient (Wildman–Crippen LogP) is 5.01. The van der Waals surface area contributed by atoms with E-state index in [-0.39, 0.29) is 11.3 Å². The molecule has 150 valence electrons. The second kappa shape index (κ2) is 10.3. The molecule has 4 nitrogen and oxygen atoms in total. The highest BCUT2D eigenvalue weighted by Crippen LogP contribution is 2.26. The van der Waals surface area contributed by atoms with E-state index in [1.165, 1.54) is 5.56 Å². The van der Waals surface area contributed by atoms with Crippen LogP contribution in [0, 0.1) is 0 Å². The lowest BCUT2D eigenvalue weighted by atomic mass is 10.1. The fraction of sp³-hybridized carbons (Fsp3) is 0.409. The van der Waals surface area contributed by atoms with E-state index in [9.17, 15) is 4.79 Å². The third-order valence-corrected chi connectivity index (χ3v) is 5.55. The summed E-state index contributed by atoms with van der Waals surface area (Å²) in [7, 11) is 0. The molecule has 0 saturated carbocycles. The van der Waals surface area contributed by atoms with Crippen LogP contribution >= 0.6 is 23.2 Å². The van der Waals surface area contributed by atoms with Crippen molar-refractivity contribution in [3.05, 3.63) is 64.2 Å². The summed E-state index contributed by atoms with van der Waals surface area (Å²) in [4.78, 5) is 13.2. The molecule has 0 radical (unpaired) electrons. The predicted molar refractivity (Wildman–Crippen MR) is 112 cm³/mol. The highest BCUT2D eigenvalue weighted by molar-refractivity contribution is 6.63. The van der Waals surface area contributed by atoms with Crippen molar-refractivity contribution in [1.82, 2.24) is 4.90 Å². The zero-order chi connectivity index (χ0) is 19.9. The number of halogens is 2. The Hall–Kier alpha value is -1.59. The summed E-state index contributed by atoms with van der Waals surface area (Å²) in [6, 6.07) is 13.9. The molecule has 0 aliphatic carbocycles. The Kier molecular flexibility index (Phi) is 7.74. The molecule has 1 aliphatic rings. The van der Waals surface area contributed by atoms with Crippen LogP contribution in [0.3, 0.4) is 0 Å². The third kappa shape index (κ3) is 5.71. The number of hydrogen-bond acceptors (Lipinski definition) is 4. The van der Waals surface area contributed by atoms with Crippen LogP contribution in [0.15, 0.2) is 42.5 Å². The number of aryl methyl sites for hydroxylation is 1. The number of morpholine rings is 1. The van der Waals surface area contributed by atoms with Crippen LogP contribution in [-0.2, 0) is 22.6 Å². The molecule has 2 aromatic rings. The average Bonchev–Trinajstić information content (AvgIpc) is 2.72. The molecule has 3 rings (SSSR count). The summed E-state index contributed by atoms with van der Waals surface area (Å²) in [5.41, 5.74) is 3.34. The zero-order valence-electron chi connectivity index (χ0n) is 16.0. The van der Waals surface area contributed by atoms with Gasteiger partial charge in [0.15, 0.2) is 0 Å². The number of ether oxygens (including phenoxy) is 2. The van der Waals surface area contributed by atoms with E-state index < -0.39 is 0 Å². The molecule has 28 heavy (non-hydrogen) atoms. The second-order valence-corrected chi connectivity index (χ2v) is 7.68. The van der Waals surface area contributed by atoms with Gasteiger partial charge in [0.2, 0.25) is 5.24 Å². The lowest BCUT2D eigenvalue weighted by Gasteiger charge is -2.32. The van der Waals surface area contributed by atoms with E-state index in [4.69, 9.17) is 32.7 Å². The van der Waals surface area contributed by atoms with Gasteiger partial charge < -0.3 is 9.47 Å². The Labute approximate surface area is 176 Å². The molecular formula is C22H25Cl2NO3. The van der Waals surface area contributed by atoms with Crippen molar-refractivity contribution in [2.24, 2.45) is 0 Å². The number of benzene rings is 2. The minimum Gasteiger partial charge on any atom is -0.489 e. The van der Waals surface area contributed by atoms with Crippen molar-refractivity contribution >= 4 is 28.4 Å². The van der Waals surface area contributed by atoms with Gasteiger partial charge >= 0.3 is 0 Å². The van der Waals surface area contributed by atoms with E-state index in [2.05, 4.69) is 17.9 Å². The van der Waals surface area contributed by atoms with Gasteiger partial charge in [-0.25, -0.2) is 0 Å². The maximum atomic E-state index is 11.0. The summed E-state index contributed by atoms with van der Waals surface area (Å²) in [6.45, 7) is 5.44. The van der Waals surface area contributed by atoms with Crippen molar-refractivity contribution in [2.45, 2.75) is 32.5 Å². The topological polar surface area (TPSA) is 38.8 Å². The molecule has 1 unspecified atom stereocenters. The van der Waals surface area contributed by atoms with Crippen LogP contribution in [0.1, 0.15) is 36.1 Å². The molecule has 0 bridgehead atoms. The van der Waals surface area contributed by atoms with Crippen molar-refractivity contribution in [1.29, 1.82) is 0 Å². The molecule has 2 aromatic carbocycles. The molecule has 1 saturated heterocycles. The molecular weight excluding hydrogens is 397 g/mol. The van der Waals surface area contributed by atoms with Gasteiger partial charge in [-0.2, -0.15) is 0 Å². The standard InChI is InChI=1S/C22H25Cl2NO3/c1-2-16-4-3-5-20(23)19(16)15-28-18-8-6-17(7-9-18)21-14-25(12-13-27-21)11-10-22(24)26/h3-9,21H,2,10-15H2,1H3. The van der Waals surface area contributed by atoms with Crippen molar-refractivity contribution < 1.29 is 14.3 Å². The van der Waals surface area contributed by atoms with Gasteiger partial charge in [-0.1, -0.05) is 42.8 Å². The Bertz CT molecular complexity index is 795. The van der Waals surface area contributed by atoms with Gasteiger partial charge in [0.25, 0.3) is 0 Å². The normalized spacial score (nSPS) is 17.5. The van der Waals surface area contributed by atoms with E-state index in [1.807, 2.05) is 36.4 Å². The highest BCUT2D eigenvalue weighted by Gasteiger charge is 2.22. The highest BCUT2D eigenvalue weighted by atomic mass is 35.5. The van der Waals surface area contributed by atoms with E-state index in [1.54, 1.807) is 0 Å². The zero-order valence-corrected chi connectivity index (χ0v) is 17.5. The molecule has 1 atom stereocenters. The molecule has 6 heteroatoms. The minimum absolute atomic E-state index is 0.0107. The van der Waals surface area contributed by atoms with Crippen LogP contribution in [-0.4, -0.2) is 36.4 Å². The number of carbonyl (C=O) groups is 1. The molecule has 0 amide bonds. The number of carbonyl (C=O) groups excluding carboxylic acids is 1. The number of hydrogen-bond donors (Lipinski definition) is 0. The fourth-order valence-corrected chi connectivity index (χ4v) is 3.72. The number of rotatable bonds is 8. The Morgan fingerprint density at radius 2 is 2.04 bits per heavy atom. The largest absolute Gasteiger partial charge is 0.489 e. The Balaban J connectivity index is 1.58. The van der Waals surface area contributed by atoms with Gasteiger partial charge in [-0.3, -0.25) is 9.69 Å². The van der Waals surface area contributed by atoms with Crippen LogP contribution in [0.4, 0.5) is 0 Å². The Morgan fingerprint density at radius 3 is 2.75 bits per heavy atom. The number of nitrogens with zero attached hydrogens (tertiary/aromatic N) is 1. The summed E-state index contributed by atoms with van der Waals surface area (Å²) < 4.78 is 11.9. The van der Waals surface area contributed by atoms with Gasteiger partial charge in [-0.15, -0.1) is 0 Å². The lowest BCUT2D eigenvalue weighted by Crippen LogP contribution is -2.39. The molecule has 1 heterocycles. The van der Waals surface area contributed by atoms with Crippen molar-refractivity contribution in [2.75, 3.05) is 26.2 Å². The smallest absolute Gasteiger partial charge is 0.222 e. The average molecular weight is 422 g/mol. The first-order valence-electron chi connectivity index (χ1n) is 9.58. The maximum Gasteiger partial charge on any atom is 0.222 e. The first-order chi connectivity index (χ1) is 13.6. The first kappa shape index (κ1) is 21.1. The van der Waals surface area contributed by atoms with Crippen LogP contribution in [0.5, 0.6) is 5.75 Å². The Morgan fingerprint density at radius 1 is 1.25 bits per heavy atom. The summed E-state index contributed by atoms with van der Waals surface area (Å²) in [5.74, 6) is 0.797. The monoisotopic (exact) mass is 421 g/mol. The van der Waals surface area contributed by atoms with Crippen molar-refractivity contribution in [3.63, 3.8) is 0 Å². The molecule has 0 spiro atoms. The SMILES string of the molecule is CCc1cccc(Cl)c1COc1ccc(C2CN(CCC(=O)Cl)CCO2)cc1. The molecule has 0 aromatic heterocycles. The van der Waals surface area contributed by atoms with Gasteiger partial charge in [0.05, 0.1) is 12.7 Å². The molecule has 0 N–H and O–H groups in total. The van der Waals surface area contributed by atoms with Crippen LogP contribution in [0.25, 0.3) is 0 Å². The van der Waals surface area contributed by atoms with Crippen LogP contribution in [0.2, 0.25) is 5.02 Å². The van der Waals surface area contributed by atoms with Gasteiger partial charge in [0.1, 0.15) is 12.4 Å². The fourth-order valence-electron chi connectivity index (χ4n) is 3.38. The quantitative estimate of drug-likeness (QED) is 0.561.